The third-order valence-corrected chi connectivity index (χ3v) is 4.02. The van der Waals surface area contributed by atoms with Crippen LogP contribution in [0.25, 0.3) is 0 Å². The molecule has 1 fully saturated rings. The highest BCUT2D eigenvalue weighted by atomic mass is 19.4. The van der Waals surface area contributed by atoms with Gasteiger partial charge < -0.3 is 0 Å². The molecule has 1 atom stereocenters. The molecule has 1 rings (SSSR count). The van der Waals surface area contributed by atoms with E-state index in [0.717, 1.165) is 38.5 Å². The molecule has 0 aromatic rings. The number of carbonyl (C=O) groups excluding carboxylic acids is 1. The van der Waals surface area contributed by atoms with Gasteiger partial charge in [0.25, 0.3) is 0 Å². The summed E-state index contributed by atoms with van der Waals surface area (Å²) >= 11 is 0. The minimum Gasteiger partial charge on any atom is -0.297 e. The Morgan fingerprint density at radius 1 is 0.762 bits per heavy atom. The van der Waals surface area contributed by atoms with Gasteiger partial charge in [-0.25, -0.2) is 0 Å². The minimum atomic E-state index is -4.72. The van der Waals surface area contributed by atoms with Crippen LogP contribution in [-0.4, -0.2) is 18.2 Å². The van der Waals surface area contributed by atoms with Gasteiger partial charge in [0.15, 0.2) is 5.78 Å². The van der Waals surface area contributed by atoms with E-state index in [0.29, 0.717) is 12.8 Å². The molecule has 21 heavy (non-hydrogen) atoms. The summed E-state index contributed by atoms with van der Waals surface area (Å²) in [5.41, 5.74) is 0. The number of hydrogen-bond donors (Lipinski definition) is 0. The van der Waals surface area contributed by atoms with Gasteiger partial charge in [0.2, 0.25) is 0 Å². The number of ether oxygens (including phenoxy) is 1. The molecule has 0 N–H and O–H groups in total. The van der Waals surface area contributed by atoms with Crippen LogP contribution in [0.4, 0.5) is 13.2 Å². The monoisotopic (exact) mass is 308 g/mol. The molecule has 0 heterocycles. The minimum absolute atomic E-state index is 0.193. The molecule has 0 saturated heterocycles. The molecule has 1 unspecified atom stereocenters. The average Bonchev–Trinajstić information content (AvgIpc) is 2.40. The smallest absolute Gasteiger partial charge is 0.297 e. The van der Waals surface area contributed by atoms with Crippen molar-refractivity contribution in [1.29, 1.82) is 0 Å². The first kappa shape index (κ1) is 18.5. The standard InChI is InChI=1S/C16H27F3O2/c17-16(18,19)21-15-13-11-9-7-5-3-1-2-4-6-8-10-12-14(15)20/h15H,1-13H2. The molecule has 1 aliphatic carbocycles. The predicted molar refractivity (Wildman–Crippen MR) is 76.0 cm³/mol. The molecule has 0 aromatic carbocycles. The van der Waals surface area contributed by atoms with Crippen LogP contribution < -0.4 is 0 Å². The lowest BCUT2D eigenvalue weighted by Crippen LogP contribution is -2.31. The van der Waals surface area contributed by atoms with Gasteiger partial charge in [-0.2, -0.15) is 0 Å². The Morgan fingerprint density at radius 2 is 1.19 bits per heavy atom. The largest absolute Gasteiger partial charge is 0.523 e. The van der Waals surface area contributed by atoms with Gasteiger partial charge in [-0.15, -0.1) is 13.2 Å². The van der Waals surface area contributed by atoms with Gasteiger partial charge in [-0.3, -0.25) is 9.53 Å². The molecule has 0 amide bonds. The van der Waals surface area contributed by atoms with E-state index >= 15 is 0 Å². The normalized spacial score (nSPS) is 25.1. The van der Waals surface area contributed by atoms with Crippen LogP contribution in [0, 0.1) is 0 Å². The fourth-order valence-corrected chi connectivity index (χ4v) is 2.83. The molecular formula is C16H27F3O2. The van der Waals surface area contributed by atoms with Crippen LogP contribution in [0.5, 0.6) is 0 Å². The summed E-state index contributed by atoms with van der Waals surface area (Å²) < 4.78 is 41.1. The molecule has 0 aromatic heterocycles. The van der Waals surface area contributed by atoms with Crippen LogP contribution in [0.15, 0.2) is 0 Å². The highest BCUT2D eigenvalue weighted by Gasteiger charge is 2.36. The maximum absolute atomic E-state index is 12.4. The third-order valence-electron chi connectivity index (χ3n) is 4.02. The van der Waals surface area contributed by atoms with Crippen LogP contribution in [-0.2, 0) is 9.53 Å². The molecule has 1 saturated carbocycles. The zero-order valence-corrected chi connectivity index (χ0v) is 12.7. The summed E-state index contributed by atoms with van der Waals surface area (Å²) in [7, 11) is 0. The molecular weight excluding hydrogens is 281 g/mol. The SMILES string of the molecule is O=C1CCCCCCCCCCCCCC1OC(F)(F)F. The predicted octanol–water partition coefficient (Wildman–Crippen LogP) is 5.55. The molecule has 0 radical (unpaired) electrons. The van der Waals surface area contributed by atoms with Gasteiger partial charge in [-0.05, 0) is 12.8 Å². The Hall–Kier alpha value is -0.580. The van der Waals surface area contributed by atoms with E-state index in [1.54, 1.807) is 0 Å². The summed E-state index contributed by atoms with van der Waals surface area (Å²) in [4.78, 5) is 11.9. The second-order valence-corrected chi connectivity index (χ2v) is 5.95. The number of carbonyl (C=O) groups is 1. The topological polar surface area (TPSA) is 26.3 Å². The summed E-state index contributed by atoms with van der Waals surface area (Å²) in [6, 6.07) is 0. The van der Waals surface area contributed by atoms with Crippen LogP contribution >= 0.6 is 0 Å². The fourth-order valence-electron chi connectivity index (χ4n) is 2.83. The van der Waals surface area contributed by atoms with Crippen molar-refractivity contribution >= 4 is 5.78 Å². The fraction of sp³-hybridized carbons (Fsp3) is 0.938. The zero-order chi connectivity index (χ0) is 15.6. The summed E-state index contributed by atoms with van der Waals surface area (Å²) in [6.45, 7) is 0. The Bertz CT molecular complexity index is 290. The molecule has 0 aliphatic heterocycles. The van der Waals surface area contributed by atoms with Crippen molar-refractivity contribution in [2.24, 2.45) is 0 Å². The molecule has 2 nitrogen and oxygen atoms in total. The Balaban J connectivity index is 2.47. The highest BCUT2D eigenvalue weighted by Crippen LogP contribution is 2.24. The molecule has 124 valence electrons. The van der Waals surface area contributed by atoms with Gasteiger partial charge in [0.05, 0.1) is 0 Å². The number of alkyl halides is 3. The third kappa shape index (κ3) is 9.88. The van der Waals surface area contributed by atoms with Crippen LogP contribution in [0.1, 0.15) is 83.5 Å². The van der Waals surface area contributed by atoms with Gasteiger partial charge in [0.1, 0.15) is 6.10 Å². The first-order valence-corrected chi connectivity index (χ1v) is 8.26. The van der Waals surface area contributed by atoms with Gasteiger partial charge in [-0.1, -0.05) is 64.2 Å². The highest BCUT2D eigenvalue weighted by molar-refractivity contribution is 5.83. The first-order chi connectivity index (χ1) is 9.99. The zero-order valence-electron chi connectivity index (χ0n) is 12.7. The van der Waals surface area contributed by atoms with Crippen molar-refractivity contribution in [2.75, 3.05) is 0 Å². The van der Waals surface area contributed by atoms with Crippen LogP contribution in [0.2, 0.25) is 0 Å². The van der Waals surface area contributed by atoms with Crippen molar-refractivity contribution in [1.82, 2.24) is 0 Å². The van der Waals surface area contributed by atoms with Crippen molar-refractivity contribution in [3.05, 3.63) is 0 Å². The lowest BCUT2D eigenvalue weighted by molar-refractivity contribution is -0.338. The number of rotatable bonds is 1. The van der Waals surface area contributed by atoms with Gasteiger partial charge >= 0.3 is 6.36 Å². The van der Waals surface area contributed by atoms with Crippen molar-refractivity contribution in [2.45, 2.75) is 95.9 Å². The first-order valence-electron chi connectivity index (χ1n) is 8.26. The molecule has 0 bridgehead atoms. The average molecular weight is 308 g/mol. The van der Waals surface area contributed by atoms with Crippen LogP contribution in [0.3, 0.4) is 0 Å². The maximum Gasteiger partial charge on any atom is 0.523 e. The molecule has 1 aliphatic rings. The van der Waals surface area contributed by atoms with E-state index < -0.39 is 12.5 Å². The number of Topliss-reactive ketones (excluding diaryl/α,β-unsaturated/α-hetero) is 1. The Morgan fingerprint density at radius 3 is 1.67 bits per heavy atom. The number of ketones is 1. The number of hydrogen-bond acceptors (Lipinski definition) is 2. The number of halogens is 3. The Labute approximate surface area is 125 Å². The summed E-state index contributed by atoms with van der Waals surface area (Å²) in [6.07, 6.45) is 5.59. The lowest BCUT2D eigenvalue weighted by Gasteiger charge is -2.18. The lowest BCUT2D eigenvalue weighted by atomic mass is 10.0. The van der Waals surface area contributed by atoms with E-state index in [1.807, 2.05) is 0 Å². The van der Waals surface area contributed by atoms with E-state index in [9.17, 15) is 18.0 Å². The van der Waals surface area contributed by atoms with E-state index in [4.69, 9.17) is 0 Å². The summed E-state index contributed by atoms with van der Waals surface area (Å²) in [5, 5.41) is 0. The second-order valence-electron chi connectivity index (χ2n) is 5.95. The molecule has 0 spiro atoms. The second kappa shape index (κ2) is 10.2. The quantitative estimate of drug-likeness (QED) is 0.635. The van der Waals surface area contributed by atoms with Crippen molar-refractivity contribution < 1.29 is 22.7 Å². The molecule has 5 heteroatoms. The Kier molecular flexibility index (Phi) is 8.97. The van der Waals surface area contributed by atoms with E-state index in [1.165, 1.54) is 19.3 Å². The van der Waals surface area contributed by atoms with Gasteiger partial charge in [0, 0.05) is 6.42 Å². The van der Waals surface area contributed by atoms with Crippen molar-refractivity contribution in [3.63, 3.8) is 0 Å². The van der Waals surface area contributed by atoms with E-state index in [-0.39, 0.29) is 18.6 Å². The van der Waals surface area contributed by atoms with Crippen molar-refractivity contribution in [3.8, 4) is 0 Å². The maximum atomic E-state index is 12.4. The summed E-state index contributed by atoms with van der Waals surface area (Å²) in [5.74, 6) is -0.387. The van der Waals surface area contributed by atoms with E-state index in [2.05, 4.69) is 4.74 Å².